The zero-order chi connectivity index (χ0) is 16.2. The fraction of sp³-hybridized carbons (Fsp3) is 0.294. The van der Waals surface area contributed by atoms with Gasteiger partial charge in [0.25, 0.3) is 5.91 Å². The van der Waals surface area contributed by atoms with Crippen LogP contribution in [-0.2, 0) is 0 Å². The van der Waals surface area contributed by atoms with Crippen molar-refractivity contribution >= 4 is 17.2 Å². The number of thiophene rings is 1. The molecule has 1 aromatic carbocycles. The van der Waals surface area contributed by atoms with Gasteiger partial charge in [0.05, 0.1) is 16.9 Å². The molecule has 3 rings (SSSR count). The standard InChI is InChI=1S/C17H16N2O3S/c1-11(9-18)10-19-17(20)16-5-4-15(23-16)12-2-3-13-14(8-12)22-7-6-21-13/h2-5,8,11H,6-7,10H2,1H3,(H,19,20). The molecule has 1 unspecified atom stereocenters. The van der Waals surface area contributed by atoms with E-state index >= 15 is 0 Å². The van der Waals surface area contributed by atoms with E-state index in [0.29, 0.717) is 24.6 Å². The number of nitriles is 1. The summed E-state index contributed by atoms with van der Waals surface area (Å²) in [4.78, 5) is 13.7. The van der Waals surface area contributed by atoms with Crippen LogP contribution in [0.4, 0.5) is 0 Å². The Kier molecular flexibility index (Phi) is 4.49. The zero-order valence-corrected chi connectivity index (χ0v) is 13.5. The number of carbonyl (C=O) groups excluding carboxylic acids is 1. The Labute approximate surface area is 138 Å². The van der Waals surface area contributed by atoms with E-state index in [1.165, 1.54) is 11.3 Å². The van der Waals surface area contributed by atoms with Gasteiger partial charge in [0.15, 0.2) is 11.5 Å². The molecule has 0 aliphatic carbocycles. The molecule has 6 heteroatoms. The normalized spacial score (nSPS) is 13.9. The Morgan fingerprint density at radius 2 is 2.09 bits per heavy atom. The maximum absolute atomic E-state index is 12.1. The van der Waals surface area contributed by atoms with Gasteiger partial charge in [-0.15, -0.1) is 11.3 Å². The molecule has 0 spiro atoms. The lowest BCUT2D eigenvalue weighted by Gasteiger charge is -2.18. The number of benzene rings is 1. The van der Waals surface area contributed by atoms with Crippen LogP contribution in [0.5, 0.6) is 11.5 Å². The molecule has 0 radical (unpaired) electrons. The maximum atomic E-state index is 12.1. The number of carbonyl (C=O) groups is 1. The Balaban J connectivity index is 1.74. The van der Waals surface area contributed by atoms with Gasteiger partial charge in [-0.25, -0.2) is 0 Å². The summed E-state index contributed by atoms with van der Waals surface area (Å²) in [5.74, 6) is 1.13. The highest BCUT2D eigenvalue weighted by atomic mass is 32.1. The third kappa shape index (κ3) is 3.46. The van der Waals surface area contributed by atoms with E-state index in [0.717, 1.165) is 21.9 Å². The Bertz CT molecular complexity index is 763. The van der Waals surface area contributed by atoms with Crippen LogP contribution in [0.2, 0.25) is 0 Å². The van der Waals surface area contributed by atoms with Gasteiger partial charge in [0.2, 0.25) is 0 Å². The number of hydrogen-bond donors (Lipinski definition) is 1. The van der Waals surface area contributed by atoms with Crippen molar-refractivity contribution in [1.82, 2.24) is 5.32 Å². The van der Waals surface area contributed by atoms with Crippen molar-refractivity contribution in [3.05, 3.63) is 35.2 Å². The van der Waals surface area contributed by atoms with Gasteiger partial charge < -0.3 is 14.8 Å². The van der Waals surface area contributed by atoms with Crippen molar-refractivity contribution in [1.29, 1.82) is 5.26 Å². The summed E-state index contributed by atoms with van der Waals surface area (Å²) in [7, 11) is 0. The molecule has 118 valence electrons. The van der Waals surface area contributed by atoms with Crippen LogP contribution in [0.1, 0.15) is 16.6 Å². The van der Waals surface area contributed by atoms with E-state index in [2.05, 4.69) is 11.4 Å². The number of hydrogen-bond acceptors (Lipinski definition) is 5. The lowest BCUT2D eigenvalue weighted by molar-refractivity contribution is 0.0955. The number of ether oxygens (including phenoxy) is 2. The van der Waals surface area contributed by atoms with E-state index in [1.807, 2.05) is 24.3 Å². The molecule has 5 nitrogen and oxygen atoms in total. The van der Waals surface area contributed by atoms with Crippen molar-refractivity contribution < 1.29 is 14.3 Å². The second-order valence-corrected chi connectivity index (χ2v) is 6.35. The van der Waals surface area contributed by atoms with Crippen LogP contribution in [-0.4, -0.2) is 25.7 Å². The lowest BCUT2D eigenvalue weighted by Crippen LogP contribution is -2.26. The second kappa shape index (κ2) is 6.71. The Hall–Kier alpha value is -2.52. The molecular weight excluding hydrogens is 312 g/mol. The molecule has 0 saturated carbocycles. The van der Waals surface area contributed by atoms with Crippen LogP contribution >= 0.6 is 11.3 Å². The first-order chi connectivity index (χ1) is 11.2. The highest BCUT2D eigenvalue weighted by molar-refractivity contribution is 7.17. The summed E-state index contributed by atoms with van der Waals surface area (Å²) in [5.41, 5.74) is 0.990. The molecule has 23 heavy (non-hydrogen) atoms. The molecular formula is C17H16N2O3S. The minimum Gasteiger partial charge on any atom is -0.486 e. The van der Waals surface area contributed by atoms with Crippen molar-refractivity contribution in [2.24, 2.45) is 5.92 Å². The van der Waals surface area contributed by atoms with Crippen molar-refractivity contribution in [3.8, 4) is 28.0 Å². The number of nitrogens with zero attached hydrogens (tertiary/aromatic N) is 1. The van der Waals surface area contributed by atoms with Crippen LogP contribution < -0.4 is 14.8 Å². The summed E-state index contributed by atoms with van der Waals surface area (Å²) in [6.45, 7) is 3.24. The molecule has 2 heterocycles. The van der Waals surface area contributed by atoms with Gasteiger partial charge in [0.1, 0.15) is 13.2 Å². The third-order valence-electron chi connectivity index (χ3n) is 3.45. The van der Waals surface area contributed by atoms with E-state index in [-0.39, 0.29) is 11.8 Å². The van der Waals surface area contributed by atoms with Gasteiger partial charge in [-0.05, 0) is 42.8 Å². The first-order valence-corrected chi connectivity index (χ1v) is 8.16. The van der Waals surface area contributed by atoms with Gasteiger partial charge in [0, 0.05) is 11.4 Å². The molecule has 1 aliphatic rings. The topological polar surface area (TPSA) is 71.4 Å². The average molecular weight is 328 g/mol. The first-order valence-electron chi connectivity index (χ1n) is 7.35. The monoisotopic (exact) mass is 328 g/mol. The summed E-state index contributed by atoms with van der Waals surface area (Å²) in [5, 5.41) is 11.5. The number of fused-ring (bicyclic) bond motifs is 1. The predicted molar refractivity (Wildman–Crippen MR) is 87.9 cm³/mol. The molecule has 0 saturated heterocycles. The molecule has 0 bridgehead atoms. The SMILES string of the molecule is CC(C#N)CNC(=O)c1ccc(-c2ccc3c(c2)OCCO3)s1. The first kappa shape index (κ1) is 15.4. The largest absolute Gasteiger partial charge is 0.486 e. The van der Waals surface area contributed by atoms with Crippen LogP contribution in [0.15, 0.2) is 30.3 Å². The quantitative estimate of drug-likeness (QED) is 0.936. The number of rotatable bonds is 4. The van der Waals surface area contributed by atoms with E-state index in [4.69, 9.17) is 14.7 Å². The summed E-state index contributed by atoms with van der Waals surface area (Å²) < 4.78 is 11.1. The summed E-state index contributed by atoms with van der Waals surface area (Å²) in [6, 6.07) is 11.6. The van der Waals surface area contributed by atoms with Crippen molar-refractivity contribution in [3.63, 3.8) is 0 Å². The summed E-state index contributed by atoms with van der Waals surface area (Å²) >= 11 is 1.41. The van der Waals surface area contributed by atoms with Crippen molar-refractivity contribution in [2.75, 3.05) is 19.8 Å². The molecule has 1 N–H and O–H groups in total. The predicted octanol–water partition coefficient (Wildman–Crippen LogP) is 3.08. The minimum atomic E-state index is -0.198. The van der Waals surface area contributed by atoms with E-state index in [1.54, 1.807) is 13.0 Å². The van der Waals surface area contributed by atoms with Gasteiger partial charge in [-0.1, -0.05) is 0 Å². The van der Waals surface area contributed by atoms with Gasteiger partial charge >= 0.3 is 0 Å². The highest BCUT2D eigenvalue weighted by Gasteiger charge is 2.15. The van der Waals surface area contributed by atoms with Crippen LogP contribution in [0.25, 0.3) is 10.4 Å². The number of nitrogens with one attached hydrogen (secondary N) is 1. The smallest absolute Gasteiger partial charge is 0.261 e. The molecule has 1 aliphatic heterocycles. The molecule has 1 aromatic heterocycles. The highest BCUT2D eigenvalue weighted by Crippen LogP contribution is 2.36. The average Bonchev–Trinajstić information content (AvgIpc) is 3.09. The number of amides is 1. The molecule has 0 fully saturated rings. The second-order valence-electron chi connectivity index (χ2n) is 5.26. The summed E-state index contributed by atoms with van der Waals surface area (Å²) in [6.07, 6.45) is 0. The minimum absolute atomic E-state index is 0.152. The molecule has 1 atom stereocenters. The van der Waals surface area contributed by atoms with E-state index in [9.17, 15) is 4.79 Å². The van der Waals surface area contributed by atoms with Crippen LogP contribution in [0.3, 0.4) is 0 Å². The zero-order valence-electron chi connectivity index (χ0n) is 12.7. The molecule has 1 amide bonds. The Morgan fingerprint density at radius 1 is 1.30 bits per heavy atom. The van der Waals surface area contributed by atoms with Gasteiger partial charge in [-0.2, -0.15) is 5.26 Å². The Morgan fingerprint density at radius 3 is 2.87 bits per heavy atom. The van der Waals surface area contributed by atoms with Crippen LogP contribution in [0, 0.1) is 17.2 Å². The fourth-order valence-electron chi connectivity index (χ4n) is 2.19. The van der Waals surface area contributed by atoms with Gasteiger partial charge in [-0.3, -0.25) is 4.79 Å². The molecule has 2 aromatic rings. The van der Waals surface area contributed by atoms with Crippen molar-refractivity contribution in [2.45, 2.75) is 6.92 Å². The maximum Gasteiger partial charge on any atom is 0.261 e. The van der Waals surface area contributed by atoms with E-state index < -0.39 is 0 Å². The third-order valence-corrected chi connectivity index (χ3v) is 4.58. The fourth-order valence-corrected chi connectivity index (χ4v) is 3.11. The lowest BCUT2D eigenvalue weighted by atomic mass is 10.1.